The molecule has 0 spiro atoms. The fourth-order valence-electron chi connectivity index (χ4n) is 1.56. The second-order valence-electron chi connectivity index (χ2n) is 3.82. The van der Waals surface area contributed by atoms with Crippen LogP contribution in [0.1, 0.15) is 24.3 Å². The molecule has 2 aromatic rings. The molecule has 7 heteroatoms. The van der Waals surface area contributed by atoms with Crippen LogP contribution in [0.15, 0.2) is 15.4 Å². The maximum Gasteiger partial charge on any atom is 0.240 e. The minimum absolute atomic E-state index is 0.377. The van der Waals surface area contributed by atoms with E-state index in [9.17, 15) is 0 Å². The van der Waals surface area contributed by atoms with Crippen molar-refractivity contribution in [1.82, 2.24) is 20.0 Å². The third-order valence-electron chi connectivity index (χ3n) is 2.46. The molecule has 2 aromatic heterocycles. The van der Waals surface area contributed by atoms with Crippen LogP contribution in [-0.2, 0) is 24.4 Å². The number of aromatic nitrogens is 3. The molecule has 0 saturated carbocycles. The van der Waals surface area contributed by atoms with E-state index in [1.165, 1.54) is 0 Å². The molecule has 0 aliphatic carbocycles. The second-order valence-corrected chi connectivity index (χ2v) is 4.54. The summed E-state index contributed by atoms with van der Waals surface area (Å²) in [4.78, 5) is 10.7. The van der Waals surface area contributed by atoms with Gasteiger partial charge in [0.05, 0.1) is 17.7 Å². The van der Waals surface area contributed by atoms with E-state index in [1.807, 2.05) is 10.9 Å². The van der Waals surface area contributed by atoms with Crippen LogP contribution in [0.3, 0.4) is 0 Å². The summed E-state index contributed by atoms with van der Waals surface area (Å²) in [6, 6.07) is 0. The SMILES string of the molecule is CCN(Cc1cscn1)Cc1nc(COC)no1. The minimum atomic E-state index is 0.377. The van der Waals surface area contributed by atoms with Crippen LogP contribution >= 0.6 is 11.3 Å². The Morgan fingerprint density at radius 2 is 2.33 bits per heavy atom. The van der Waals surface area contributed by atoms with Gasteiger partial charge in [0.15, 0.2) is 5.82 Å². The Balaban J connectivity index is 1.92. The highest BCUT2D eigenvalue weighted by Gasteiger charge is 2.11. The Bertz CT molecular complexity index is 457. The first-order chi connectivity index (χ1) is 8.81. The van der Waals surface area contributed by atoms with E-state index in [-0.39, 0.29) is 0 Å². The zero-order valence-corrected chi connectivity index (χ0v) is 11.3. The first-order valence-electron chi connectivity index (χ1n) is 5.71. The van der Waals surface area contributed by atoms with Gasteiger partial charge < -0.3 is 9.26 Å². The number of ether oxygens (including phenoxy) is 1. The molecule has 2 heterocycles. The third kappa shape index (κ3) is 3.59. The van der Waals surface area contributed by atoms with Gasteiger partial charge in [0.2, 0.25) is 5.89 Å². The van der Waals surface area contributed by atoms with Gasteiger partial charge in [0.1, 0.15) is 6.61 Å². The highest BCUT2D eigenvalue weighted by Crippen LogP contribution is 2.09. The lowest BCUT2D eigenvalue weighted by atomic mass is 10.4. The third-order valence-corrected chi connectivity index (χ3v) is 3.09. The zero-order valence-electron chi connectivity index (χ0n) is 10.5. The van der Waals surface area contributed by atoms with Crippen molar-refractivity contribution in [2.75, 3.05) is 13.7 Å². The van der Waals surface area contributed by atoms with Crippen LogP contribution in [0, 0.1) is 0 Å². The zero-order chi connectivity index (χ0) is 12.8. The molecule has 6 nitrogen and oxygen atoms in total. The smallest absolute Gasteiger partial charge is 0.240 e. The first-order valence-corrected chi connectivity index (χ1v) is 6.66. The molecular formula is C11H16N4O2S. The lowest BCUT2D eigenvalue weighted by Gasteiger charge is -2.16. The summed E-state index contributed by atoms with van der Waals surface area (Å²) < 4.78 is 10.1. The fraction of sp³-hybridized carbons (Fsp3) is 0.545. The van der Waals surface area contributed by atoms with Crippen molar-refractivity contribution in [3.05, 3.63) is 28.3 Å². The summed E-state index contributed by atoms with van der Waals surface area (Å²) in [5.41, 5.74) is 2.91. The Morgan fingerprint density at radius 3 is 3.00 bits per heavy atom. The van der Waals surface area contributed by atoms with E-state index in [4.69, 9.17) is 9.26 Å². The van der Waals surface area contributed by atoms with Crippen molar-refractivity contribution in [3.8, 4) is 0 Å². The first kappa shape index (κ1) is 13.1. The van der Waals surface area contributed by atoms with Crippen molar-refractivity contribution >= 4 is 11.3 Å². The average molecular weight is 268 g/mol. The molecular weight excluding hydrogens is 252 g/mol. The molecule has 0 N–H and O–H groups in total. The van der Waals surface area contributed by atoms with E-state index in [1.54, 1.807) is 18.4 Å². The summed E-state index contributed by atoms with van der Waals surface area (Å²) in [6.45, 7) is 4.80. The molecule has 2 rings (SSSR count). The Morgan fingerprint density at radius 1 is 1.44 bits per heavy atom. The van der Waals surface area contributed by atoms with Crippen molar-refractivity contribution < 1.29 is 9.26 Å². The van der Waals surface area contributed by atoms with Crippen molar-refractivity contribution in [1.29, 1.82) is 0 Å². The van der Waals surface area contributed by atoms with Gasteiger partial charge in [-0.25, -0.2) is 4.98 Å². The summed E-state index contributed by atoms with van der Waals surface area (Å²) in [7, 11) is 1.61. The van der Waals surface area contributed by atoms with Gasteiger partial charge in [-0.3, -0.25) is 4.90 Å². The van der Waals surface area contributed by atoms with E-state index in [2.05, 4.69) is 26.9 Å². The van der Waals surface area contributed by atoms with Crippen LogP contribution in [0.2, 0.25) is 0 Å². The molecule has 0 amide bonds. The quantitative estimate of drug-likeness (QED) is 0.761. The van der Waals surface area contributed by atoms with Crippen molar-refractivity contribution in [2.45, 2.75) is 26.6 Å². The number of hydrogen-bond acceptors (Lipinski definition) is 7. The van der Waals surface area contributed by atoms with Crippen LogP contribution in [0.5, 0.6) is 0 Å². The molecule has 0 saturated heterocycles. The highest BCUT2D eigenvalue weighted by atomic mass is 32.1. The van der Waals surface area contributed by atoms with Crippen LogP contribution in [-0.4, -0.2) is 33.7 Å². The number of nitrogens with zero attached hydrogens (tertiary/aromatic N) is 4. The number of thiazole rings is 1. The van der Waals surface area contributed by atoms with Gasteiger partial charge in [-0.15, -0.1) is 11.3 Å². The normalized spacial score (nSPS) is 11.3. The number of hydrogen-bond donors (Lipinski definition) is 0. The monoisotopic (exact) mass is 268 g/mol. The maximum atomic E-state index is 5.17. The van der Waals surface area contributed by atoms with Crippen LogP contribution < -0.4 is 0 Å². The van der Waals surface area contributed by atoms with E-state index < -0.39 is 0 Å². The van der Waals surface area contributed by atoms with Crippen molar-refractivity contribution in [3.63, 3.8) is 0 Å². The number of rotatable bonds is 7. The Kier molecular flexibility index (Phi) is 4.80. The lowest BCUT2D eigenvalue weighted by Crippen LogP contribution is -2.22. The summed E-state index contributed by atoms with van der Waals surface area (Å²) >= 11 is 1.60. The van der Waals surface area contributed by atoms with Gasteiger partial charge in [-0.2, -0.15) is 4.98 Å². The Labute approximate surface area is 110 Å². The fourth-order valence-corrected chi connectivity index (χ4v) is 2.11. The van der Waals surface area contributed by atoms with Gasteiger partial charge in [0.25, 0.3) is 0 Å². The maximum absolute atomic E-state index is 5.17. The molecule has 0 bridgehead atoms. The van der Waals surface area contributed by atoms with Gasteiger partial charge in [-0.1, -0.05) is 12.1 Å². The van der Waals surface area contributed by atoms with E-state index in [0.717, 1.165) is 18.8 Å². The lowest BCUT2D eigenvalue weighted by molar-refractivity contribution is 0.174. The molecule has 0 aromatic carbocycles. The molecule has 98 valence electrons. The largest absolute Gasteiger partial charge is 0.377 e. The topological polar surface area (TPSA) is 64.3 Å². The van der Waals surface area contributed by atoms with E-state index >= 15 is 0 Å². The van der Waals surface area contributed by atoms with Gasteiger partial charge in [0, 0.05) is 19.0 Å². The molecule has 18 heavy (non-hydrogen) atoms. The second kappa shape index (κ2) is 6.58. The van der Waals surface area contributed by atoms with Crippen LogP contribution in [0.25, 0.3) is 0 Å². The predicted octanol–water partition coefficient (Wildman–Crippen LogP) is 1.69. The summed E-state index contributed by atoms with van der Waals surface area (Å²) in [5.74, 6) is 1.19. The Hall–Kier alpha value is -1.31. The summed E-state index contributed by atoms with van der Waals surface area (Å²) in [6.07, 6.45) is 0. The molecule has 0 unspecified atom stereocenters. The van der Waals surface area contributed by atoms with Gasteiger partial charge in [-0.05, 0) is 6.54 Å². The number of methoxy groups -OCH3 is 1. The molecule has 0 fully saturated rings. The molecule has 0 aliphatic heterocycles. The molecule has 0 radical (unpaired) electrons. The van der Waals surface area contributed by atoms with E-state index in [0.29, 0.717) is 24.9 Å². The standard InChI is InChI=1S/C11H16N4O2S/c1-3-15(4-9-7-18-8-12-9)5-11-13-10(6-16-2)14-17-11/h7-8H,3-6H2,1-2H3. The average Bonchev–Trinajstić information content (AvgIpc) is 3.01. The summed E-state index contributed by atoms with van der Waals surface area (Å²) in [5, 5.41) is 5.89. The molecule has 0 atom stereocenters. The highest BCUT2D eigenvalue weighted by molar-refractivity contribution is 7.07. The predicted molar refractivity (Wildman–Crippen MR) is 66.9 cm³/mol. The molecule has 0 aliphatic rings. The van der Waals surface area contributed by atoms with Gasteiger partial charge >= 0.3 is 0 Å². The van der Waals surface area contributed by atoms with Crippen molar-refractivity contribution in [2.24, 2.45) is 0 Å². The van der Waals surface area contributed by atoms with Crippen LogP contribution in [0.4, 0.5) is 0 Å². The minimum Gasteiger partial charge on any atom is -0.377 e.